The molecule has 138 valence electrons. The van der Waals surface area contributed by atoms with Crippen LogP contribution in [0.3, 0.4) is 0 Å². The molecule has 0 N–H and O–H groups in total. The molecule has 6 heteroatoms. The number of rotatable bonds is 7. The third-order valence-corrected chi connectivity index (χ3v) is 5.15. The Balaban J connectivity index is 1.50. The molecule has 0 spiro atoms. The minimum Gasteiger partial charge on any atom is -0.484 e. The largest absolute Gasteiger partial charge is 0.484 e. The van der Waals surface area contributed by atoms with Crippen molar-refractivity contribution < 1.29 is 14.3 Å². The molecule has 1 unspecified atom stereocenters. The average molecular weight is 355 g/mol. The van der Waals surface area contributed by atoms with Gasteiger partial charge < -0.3 is 14.4 Å². The Hall–Kier alpha value is -2.34. The number of methoxy groups -OCH3 is 1. The molecule has 0 radical (unpaired) electrons. The first-order valence-corrected chi connectivity index (χ1v) is 9.27. The molecule has 1 atom stereocenters. The van der Waals surface area contributed by atoms with Crippen LogP contribution < -0.4 is 4.74 Å². The van der Waals surface area contributed by atoms with Crippen molar-refractivity contribution in [2.24, 2.45) is 5.92 Å². The summed E-state index contributed by atoms with van der Waals surface area (Å²) in [5.41, 5.74) is 2.37. The Morgan fingerprint density at radius 3 is 2.81 bits per heavy atom. The van der Waals surface area contributed by atoms with Crippen molar-refractivity contribution in [3.8, 4) is 5.75 Å². The van der Waals surface area contributed by atoms with Crippen molar-refractivity contribution in [2.75, 3.05) is 26.9 Å². The van der Waals surface area contributed by atoms with Crippen LogP contribution in [0.4, 0.5) is 0 Å². The normalized spacial score (nSPS) is 19.3. The number of nitrogens with zero attached hydrogens (tertiary/aromatic N) is 3. The van der Waals surface area contributed by atoms with Crippen LogP contribution in [-0.4, -0.2) is 47.5 Å². The van der Waals surface area contributed by atoms with Crippen molar-refractivity contribution >= 4 is 5.91 Å². The first-order chi connectivity index (χ1) is 12.8. The summed E-state index contributed by atoms with van der Waals surface area (Å²) in [5.74, 6) is 1.43. The number of hydrogen-bond acceptors (Lipinski definition) is 4. The molecule has 4 rings (SSSR count). The predicted molar refractivity (Wildman–Crippen MR) is 96.9 cm³/mol. The molecular weight excluding hydrogens is 330 g/mol. The summed E-state index contributed by atoms with van der Waals surface area (Å²) in [5, 5.41) is 4.59. The Kier molecular flexibility index (Phi) is 4.93. The molecule has 1 aliphatic carbocycles. The minimum atomic E-state index is -0.100. The van der Waals surface area contributed by atoms with Crippen LogP contribution >= 0.6 is 0 Å². The molecule has 2 aliphatic rings. The molecule has 1 fully saturated rings. The maximum absolute atomic E-state index is 12.8. The van der Waals surface area contributed by atoms with Crippen LogP contribution in [0.2, 0.25) is 0 Å². The van der Waals surface area contributed by atoms with Crippen LogP contribution in [0.25, 0.3) is 0 Å². The van der Waals surface area contributed by atoms with E-state index in [0.29, 0.717) is 18.9 Å². The zero-order valence-electron chi connectivity index (χ0n) is 15.1. The van der Waals surface area contributed by atoms with E-state index in [-0.39, 0.29) is 18.6 Å². The third-order valence-electron chi connectivity index (χ3n) is 5.15. The van der Waals surface area contributed by atoms with E-state index >= 15 is 0 Å². The van der Waals surface area contributed by atoms with E-state index in [1.807, 2.05) is 41.4 Å². The van der Waals surface area contributed by atoms with E-state index in [2.05, 4.69) is 9.78 Å². The van der Waals surface area contributed by atoms with Gasteiger partial charge in [-0.1, -0.05) is 18.2 Å². The van der Waals surface area contributed by atoms with Crippen molar-refractivity contribution in [1.82, 2.24) is 14.7 Å². The maximum Gasteiger partial charge on any atom is 0.261 e. The second-order valence-electron chi connectivity index (χ2n) is 7.09. The van der Waals surface area contributed by atoms with Crippen LogP contribution in [0.15, 0.2) is 36.5 Å². The summed E-state index contributed by atoms with van der Waals surface area (Å²) in [6.07, 6.45) is 5.34. The number of aromatic nitrogens is 2. The molecule has 26 heavy (non-hydrogen) atoms. The lowest BCUT2D eigenvalue weighted by Gasteiger charge is -2.36. The summed E-state index contributed by atoms with van der Waals surface area (Å²) < 4.78 is 13.2. The predicted octanol–water partition coefficient (Wildman–Crippen LogP) is 2.44. The van der Waals surface area contributed by atoms with E-state index in [1.54, 1.807) is 7.11 Å². The summed E-state index contributed by atoms with van der Waals surface area (Å²) in [6.45, 7) is 2.13. The number of ether oxygens (including phenoxy) is 2. The summed E-state index contributed by atoms with van der Waals surface area (Å²) >= 11 is 0. The number of para-hydroxylation sites is 1. The smallest absolute Gasteiger partial charge is 0.261 e. The summed E-state index contributed by atoms with van der Waals surface area (Å²) in [7, 11) is 1.68. The minimum absolute atomic E-state index is 0.0132. The topological polar surface area (TPSA) is 56.6 Å². The van der Waals surface area contributed by atoms with E-state index in [4.69, 9.17) is 9.47 Å². The number of carbonyl (C=O) groups is 1. The highest BCUT2D eigenvalue weighted by atomic mass is 16.5. The molecule has 0 bridgehead atoms. The Morgan fingerprint density at radius 1 is 1.27 bits per heavy atom. The molecule has 1 aromatic heterocycles. The Morgan fingerprint density at radius 2 is 2.08 bits per heavy atom. The van der Waals surface area contributed by atoms with Gasteiger partial charge in [-0.15, -0.1) is 0 Å². The molecule has 1 saturated carbocycles. The third kappa shape index (κ3) is 3.60. The summed E-state index contributed by atoms with van der Waals surface area (Å²) in [4.78, 5) is 14.7. The number of amides is 1. The highest BCUT2D eigenvalue weighted by molar-refractivity contribution is 5.78. The van der Waals surface area contributed by atoms with Gasteiger partial charge in [0.2, 0.25) is 0 Å². The lowest BCUT2D eigenvalue weighted by Crippen LogP contribution is -2.44. The van der Waals surface area contributed by atoms with Crippen LogP contribution in [0.1, 0.15) is 30.1 Å². The maximum atomic E-state index is 12.8. The van der Waals surface area contributed by atoms with Gasteiger partial charge in [-0.3, -0.25) is 9.48 Å². The van der Waals surface area contributed by atoms with Gasteiger partial charge in [-0.2, -0.15) is 5.10 Å². The number of hydrogen-bond donors (Lipinski definition) is 0. The van der Waals surface area contributed by atoms with Gasteiger partial charge in [0.25, 0.3) is 5.91 Å². The second-order valence-corrected chi connectivity index (χ2v) is 7.09. The molecule has 1 aromatic carbocycles. The second kappa shape index (κ2) is 7.50. The van der Waals surface area contributed by atoms with Gasteiger partial charge >= 0.3 is 0 Å². The highest BCUT2D eigenvalue weighted by Crippen LogP contribution is 2.35. The van der Waals surface area contributed by atoms with Crippen molar-refractivity contribution in [3.63, 3.8) is 0 Å². The highest BCUT2D eigenvalue weighted by Gasteiger charge is 2.35. The monoisotopic (exact) mass is 355 g/mol. The standard InChI is InChI=1S/C20H25N3O3/c1-25-13-18-20-16(11-21-23(20)12-15-7-8-15)9-10-22(18)19(24)14-26-17-5-3-2-4-6-17/h2-6,11,15,18H,7-10,12-14H2,1H3. The SMILES string of the molecule is COCC1c2c(cnn2CC2CC2)CCN1C(=O)COc1ccccc1. The zero-order chi connectivity index (χ0) is 17.9. The van der Waals surface area contributed by atoms with E-state index in [9.17, 15) is 4.79 Å². The molecule has 2 heterocycles. The van der Waals surface area contributed by atoms with Gasteiger partial charge in [0.05, 0.1) is 24.5 Å². The fourth-order valence-electron chi connectivity index (χ4n) is 3.62. The average Bonchev–Trinajstić information content (AvgIpc) is 3.39. The van der Waals surface area contributed by atoms with Gasteiger partial charge in [-0.25, -0.2) is 0 Å². The fraction of sp³-hybridized carbons (Fsp3) is 0.500. The van der Waals surface area contributed by atoms with Gasteiger partial charge in [0.15, 0.2) is 6.61 Å². The summed E-state index contributed by atoms with van der Waals surface area (Å²) in [6, 6.07) is 9.35. The van der Waals surface area contributed by atoms with Crippen molar-refractivity contribution in [2.45, 2.75) is 31.8 Å². The first kappa shape index (κ1) is 17.1. The molecular formula is C20H25N3O3. The number of carbonyl (C=O) groups excluding carboxylic acids is 1. The van der Waals surface area contributed by atoms with Crippen LogP contribution in [0.5, 0.6) is 5.75 Å². The molecule has 6 nitrogen and oxygen atoms in total. The van der Waals surface area contributed by atoms with Crippen molar-refractivity contribution in [1.29, 1.82) is 0 Å². The van der Waals surface area contributed by atoms with Crippen molar-refractivity contribution in [3.05, 3.63) is 47.8 Å². The number of fused-ring (bicyclic) bond motifs is 1. The molecule has 1 amide bonds. The quantitative estimate of drug-likeness (QED) is 0.765. The first-order valence-electron chi connectivity index (χ1n) is 9.27. The molecule has 1 aliphatic heterocycles. The van der Waals surface area contributed by atoms with Gasteiger partial charge in [-0.05, 0) is 42.9 Å². The van der Waals surface area contributed by atoms with Gasteiger partial charge in [0, 0.05) is 20.2 Å². The zero-order valence-corrected chi connectivity index (χ0v) is 15.1. The van der Waals surface area contributed by atoms with E-state index < -0.39 is 0 Å². The number of benzene rings is 1. The van der Waals surface area contributed by atoms with E-state index in [0.717, 1.165) is 24.6 Å². The lowest BCUT2D eigenvalue weighted by molar-refractivity contribution is -0.137. The van der Waals surface area contributed by atoms with Gasteiger partial charge in [0.1, 0.15) is 5.75 Å². The Labute approximate surface area is 153 Å². The molecule has 2 aromatic rings. The fourth-order valence-corrected chi connectivity index (χ4v) is 3.62. The van der Waals surface area contributed by atoms with Crippen LogP contribution in [-0.2, 0) is 22.5 Å². The molecule has 0 saturated heterocycles. The lowest BCUT2D eigenvalue weighted by atomic mass is 10.00. The Bertz CT molecular complexity index is 755. The van der Waals surface area contributed by atoms with E-state index in [1.165, 1.54) is 18.4 Å². The van der Waals surface area contributed by atoms with Crippen LogP contribution in [0, 0.1) is 5.92 Å².